The number of hydrogen-bond acceptors (Lipinski definition) is 5. The lowest BCUT2D eigenvalue weighted by molar-refractivity contribution is -0.116. The summed E-state index contributed by atoms with van der Waals surface area (Å²) in [5.74, 6) is 0.124. The molecular weight excluding hydrogens is 380 g/mol. The molecule has 0 atom stereocenters. The summed E-state index contributed by atoms with van der Waals surface area (Å²) in [5, 5.41) is 3.11. The van der Waals surface area contributed by atoms with E-state index in [1.54, 1.807) is 18.2 Å². The molecule has 140 valence electrons. The minimum Gasteiger partial charge on any atom is -0.495 e. The van der Waals surface area contributed by atoms with E-state index >= 15 is 0 Å². The molecule has 2 aromatic rings. The van der Waals surface area contributed by atoms with Crippen molar-refractivity contribution in [2.75, 3.05) is 25.5 Å². The van der Waals surface area contributed by atoms with E-state index in [-0.39, 0.29) is 17.5 Å². The number of ether oxygens (including phenoxy) is 1. The van der Waals surface area contributed by atoms with Gasteiger partial charge in [-0.25, -0.2) is 13.4 Å². The average molecular weight is 399 g/mol. The molecule has 0 radical (unpaired) electrons. The van der Waals surface area contributed by atoms with Gasteiger partial charge in [-0.05, 0) is 31.0 Å². The molecule has 10 heteroatoms. The van der Waals surface area contributed by atoms with Crippen LogP contribution in [-0.4, -0.2) is 48.4 Å². The van der Waals surface area contributed by atoms with Crippen LogP contribution in [0.25, 0.3) is 0 Å². The van der Waals surface area contributed by atoms with Gasteiger partial charge < -0.3 is 14.6 Å². The summed E-state index contributed by atoms with van der Waals surface area (Å²) >= 11 is 5.94. The maximum absolute atomic E-state index is 12.5. The monoisotopic (exact) mass is 398 g/mol. The third kappa shape index (κ3) is 4.00. The van der Waals surface area contributed by atoms with Crippen molar-refractivity contribution in [1.82, 2.24) is 13.9 Å². The molecule has 1 N–H and O–H groups in total. The minimum absolute atomic E-state index is 0.0486. The van der Waals surface area contributed by atoms with Gasteiger partial charge in [-0.2, -0.15) is 4.31 Å². The fraction of sp³-hybridized carbons (Fsp3) is 0.375. The molecule has 2 heterocycles. The highest BCUT2D eigenvalue weighted by Gasteiger charge is 2.29. The van der Waals surface area contributed by atoms with Gasteiger partial charge in [-0.15, -0.1) is 0 Å². The zero-order chi connectivity index (χ0) is 18.7. The van der Waals surface area contributed by atoms with Crippen LogP contribution in [0.2, 0.25) is 5.02 Å². The van der Waals surface area contributed by atoms with E-state index in [0.717, 1.165) is 12.8 Å². The largest absolute Gasteiger partial charge is 0.495 e. The summed E-state index contributed by atoms with van der Waals surface area (Å²) in [6.45, 7) is 0.923. The van der Waals surface area contributed by atoms with Crippen molar-refractivity contribution in [2.24, 2.45) is 0 Å². The Balaban J connectivity index is 1.69. The molecule has 1 aromatic carbocycles. The van der Waals surface area contributed by atoms with E-state index in [9.17, 15) is 13.2 Å². The topological polar surface area (TPSA) is 93.5 Å². The van der Waals surface area contributed by atoms with E-state index in [1.807, 2.05) is 0 Å². The SMILES string of the molecule is COc1ccc(Cl)cc1NC(=O)Cn1cnc(S(=O)(=O)N2CCCC2)c1. The van der Waals surface area contributed by atoms with E-state index < -0.39 is 10.0 Å². The first-order valence-electron chi connectivity index (χ1n) is 8.05. The lowest BCUT2D eigenvalue weighted by atomic mass is 10.3. The zero-order valence-electron chi connectivity index (χ0n) is 14.2. The smallest absolute Gasteiger partial charge is 0.262 e. The lowest BCUT2D eigenvalue weighted by Gasteiger charge is -2.13. The van der Waals surface area contributed by atoms with Crippen LogP contribution in [0, 0.1) is 0 Å². The molecule has 0 unspecified atom stereocenters. The van der Waals surface area contributed by atoms with Gasteiger partial charge in [0.25, 0.3) is 10.0 Å². The number of hydrogen-bond donors (Lipinski definition) is 1. The Morgan fingerprint density at radius 2 is 2.08 bits per heavy atom. The van der Waals surface area contributed by atoms with Gasteiger partial charge in [0.15, 0.2) is 5.03 Å². The molecule has 0 bridgehead atoms. The maximum Gasteiger partial charge on any atom is 0.262 e. The minimum atomic E-state index is -3.60. The summed E-state index contributed by atoms with van der Waals surface area (Å²) in [6, 6.07) is 4.88. The Labute approximate surface area is 156 Å². The van der Waals surface area contributed by atoms with Crippen LogP contribution in [0.15, 0.2) is 35.7 Å². The molecule has 8 nitrogen and oxygen atoms in total. The predicted octanol–water partition coefficient (Wildman–Crippen LogP) is 1.97. The second-order valence-electron chi connectivity index (χ2n) is 5.89. The Morgan fingerprint density at radius 3 is 2.77 bits per heavy atom. The van der Waals surface area contributed by atoms with Crippen LogP contribution in [0.5, 0.6) is 5.75 Å². The lowest BCUT2D eigenvalue weighted by Crippen LogP contribution is -2.28. The molecule has 1 aliphatic rings. The number of rotatable bonds is 6. The quantitative estimate of drug-likeness (QED) is 0.802. The highest BCUT2D eigenvalue weighted by atomic mass is 35.5. The van der Waals surface area contributed by atoms with E-state index in [1.165, 1.54) is 28.5 Å². The van der Waals surface area contributed by atoms with Gasteiger partial charge in [0.2, 0.25) is 5.91 Å². The van der Waals surface area contributed by atoms with Crippen molar-refractivity contribution >= 4 is 33.2 Å². The third-order valence-corrected chi connectivity index (χ3v) is 6.06. The number of methoxy groups -OCH3 is 1. The number of sulfonamides is 1. The van der Waals surface area contributed by atoms with Gasteiger partial charge in [0.05, 0.1) is 19.1 Å². The molecule has 0 saturated carbocycles. The second kappa shape index (κ2) is 7.65. The standard InChI is InChI=1S/C16H19ClN4O4S/c1-25-14-5-4-12(17)8-13(14)19-15(22)9-20-10-16(18-11-20)26(23,24)21-6-2-3-7-21/h4-5,8,10-11H,2-3,6-7,9H2,1H3,(H,19,22). The highest BCUT2D eigenvalue weighted by molar-refractivity contribution is 7.89. The van der Waals surface area contributed by atoms with E-state index in [4.69, 9.17) is 16.3 Å². The molecule has 0 aliphatic carbocycles. The zero-order valence-corrected chi connectivity index (χ0v) is 15.8. The van der Waals surface area contributed by atoms with Crippen molar-refractivity contribution in [1.29, 1.82) is 0 Å². The summed E-state index contributed by atoms with van der Waals surface area (Å²) in [6.07, 6.45) is 4.40. The van der Waals surface area contributed by atoms with Gasteiger partial charge in [-0.3, -0.25) is 4.79 Å². The van der Waals surface area contributed by atoms with E-state index in [0.29, 0.717) is 29.5 Å². The molecular formula is C16H19ClN4O4S. The fourth-order valence-corrected chi connectivity index (χ4v) is 4.38. The number of nitrogens with zero attached hydrogens (tertiary/aromatic N) is 3. The first-order valence-corrected chi connectivity index (χ1v) is 9.87. The molecule has 1 amide bonds. The third-order valence-electron chi connectivity index (χ3n) is 4.04. The Morgan fingerprint density at radius 1 is 1.35 bits per heavy atom. The van der Waals surface area contributed by atoms with Crippen molar-refractivity contribution in [3.8, 4) is 5.75 Å². The van der Waals surface area contributed by atoms with Crippen LogP contribution in [0.1, 0.15) is 12.8 Å². The molecule has 0 spiro atoms. The molecule has 1 saturated heterocycles. The number of anilines is 1. The number of carbonyl (C=O) groups excluding carboxylic acids is 1. The van der Waals surface area contributed by atoms with Crippen LogP contribution in [0.4, 0.5) is 5.69 Å². The van der Waals surface area contributed by atoms with Crippen molar-refractivity contribution in [3.63, 3.8) is 0 Å². The molecule has 1 aliphatic heterocycles. The predicted molar refractivity (Wildman–Crippen MR) is 96.9 cm³/mol. The summed E-state index contributed by atoms with van der Waals surface area (Å²) in [7, 11) is -2.11. The number of benzene rings is 1. The molecule has 26 heavy (non-hydrogen) atoms. The maximum atomic E-state index is 12.5. The van der Waals surface area contributed by atoms with Crippen molar-refractivity contribution < 1.29 is 17.9 Å². The Hall–Kier alpha value is -2.10. The van der Waals surface area contributed by atoms with Crippen LogP contribution >= 0.6 is 11.6 Å². The number of aromatic nitrogens is 2. The number of carbonyl (C=O) groups is 1. The van der Waals surface area contributed by atoms with Gasteiger partial charge in [0, 0.05) is 24.3 Å². The van der Waals surface area contributed by atoms with Crippen LogP contribution in [-0.2, 0) is 21.4 Å². The van der Waals surface area contributed by atoms with Gasteiger partial charge in [0.1, 0.15) is 12.3 Å². The van der Waals surface area contributed by atoms with E-state index in [2.05, 4.69) is 10.3 Å². The Kier molecular flexibility index (Phi) is 5.49. The second-order valence-corrected chi connectivity index (χ2v) is 8.21. The number of imidazole rings is 1. The number of halogens is 1. The summed E-state index contributed by atoms with van der Waals surface area (Å²) < 4.78 is 32.9. The van der Waals surface area contributed by atoms with Crippen molar-refractivity contribution in [2.45, 2.75) is 24.4 Å². The Bertz CT molecular complexity index is 907. The van der Waals surface area contributed by atoms with Crippen molar-refractivity contribution in [3.05, 3.63) is 35.7 Å². The van der Waals surface area contributed by atoms with Gasteiger partial charge >= 0.3 is 0 Å². The number of amides is 1. The number of nitrogens with one attached hydrogen (secondary N) is 1. The first kappa shape index (κ1) is 18.7. The molecule has 1 fully saturated rings. The highest BCUT2D eigenvalue weighted by Crippen LogP contribution is 2.27. The normalized spacial score (nSPS) is 15.2. The molecule has 3 rings (SSSR count). The van der Waals surface area contributed by atoms with Crippen LogP contribution < -0.4 is 10.1 Å². The fourth-order valence-electron chi connectivity index (χ4n) is 2.75. The average Bonchev–Trinajstić information content (AvgIpc) is 3.27. The molecule has 1 aromatic heterocycles. The summed E-state index contributed by atoms with van der Waals surface area (Å²) in [5.41, 5.74) is 0.440. The summed E-state index contributed by atoms with van der Waals surface area (Å²) in [4.78, 5) is 16.2. The van der Waals surface area contributed by atoms with Crippen LogP contribution in [0.3, 0.4) is 0 Å². The first-order chi connectivity index (χ1) is 12.4. The van der Waals surface area contributed by atoms with Gasteiger partial charge in [-0.1, -0.05) is 11.6 Å².